The van der Waals surface area contributed by atoms with Crippen molar-refractivity contribution in [2.24, 2.45) is 4.99 Å². The van der Waals surface area contributed by atoms with Gasteiger partial charge >= 0.3 is 0 Å². The van der Waals surface area contributed by atoms with Crippen LogP contribution in [-0.2, 0) is 14.2 Å². The van der Waals surface area contributed by atoms with Crippen molar-refractivity contribution in [1.82, 2.24) is 15.5 Å². The molecule has 0 amide bonds. The monoisotopic (exact) mass is 414 g/mol. The summed E-state index contributed by atoms with van der Waals surface area (Å²) in [4.78, 5) is 7.58. The number of nitrogens with zero attached hydrogens (tertiary/aromatic N) is 2. The van der Waals surface area contributed by atoms with Gasteiger partial charge in [0.25, 0.3) is 0 Å². The molecule has 0 aliphatic carbocycles. The van der Waals surface area contributed by atoms with Crippen LogP contribution in [0, 0.1) is 0 Å². The van der Waals surface area contributed by atoms with Gasteiger partial charge < -0.3 is 24.8 Å². The maximum atomic E-state index is 5.75. The Morgan fingerprint density at radius 1 is 1.29 bits per heavy atom. The Morgan fingerprint density at radius 2 is 2.18 bits per heavy atom. The second kappa shape index (κ2) is 12.2. The van der Waals surface area contributed by atoms with Crippen molar-refractivity contribution < 1.29 is 14.2 Å². The largest absolute Gasteiger partial charge is 0.379 e. The number of hydrogen-bond acceptors (Lipinski definition) is 6. The highest BCUT2D eigenvalue weighted by atomic mass is 32.2. The van der Waals surface area contributed by atoms with Crippen LogP contribution in [0.3, 0.4) is 0 Å². The molecule has 8 heteroatoms. The SMILES string of the molecule is CCNC(=NCC1(N2CCOCC2)CCSC1)NCCCOCC1CCCO1. The van der Waals surface area contributed by atoms with Crippen molar-refractivity contribution in [2.45, 2.75) is 44.2 Å². The minimum Gasteiger partial charge on any atom is -0.379 e. The van der Waals surface area contributed by atoms with E-state index in [1.54, 1.807) is 0 Å². The highest BCUT2D eigenvalue weighted by molar-refractivity contribution is 7.99. The average molecular weight is 415 g/mol. The summed E-state index contributed by atoms with van der Waals surface area (Å²) in [6.07, 6.45) is 4.81. The molecule has 0 saturated carbocycles. The Morgan fingerprint density at radius 3 is 2.89 bits per heavy atom. The molecule has 0 aromatic rings. The van der Waals surface area contributed by atoms with E-state index in [0.29, 0.717) is 6.10 Å². The molecule has 28 heavy (non-hydrogen) atoms. The Kier molecular flexibility index (Phi) is 9.67. The lowest BCUT2D eigenvalue weighted by Crippen LogP contribution is -2.56. The van der Waals surface area contributed by atoms with Crippen LogP contribution in [0.25, 0.3) is 0 Å². The molecule has 7 nitrogen and oxygen atoms in total. The van der Waals surface area contributed by atoms with Crippen LogP contribution < -0.4 is 10.6 Å². The molecule has 0 aromatic carbocycles. The van der Waals surface area contributed by atoms with Gasteiger partial charge in [-0.05, 0) is 38.4 Å². The molecule has 3 heterocycles. The number of aliphatic imine (C=N–C) groups is 1. The fourth-order valence-corrected chi connectivity index (χ4v) is 5.51. The number of morpholine rings is 1. The summed E-state index contributed by atoms with van der Waals surface area (Å²) < 4.78 is 16.9. The Bertz CT molecular complexity index is 462. The fourth-order valence-electron chi connectivity index (χ4n) is 4.05. The second-order valence-corrected chi connectivity index (χ2v) is 8.92. The number of thioether (sulfide) groups is 1. The molecule has 0 aromatic heterocycles. The standard InChI is InChI=1S/C20H38N4O3S/c1-2-21-19(22-7-4-10-26-15-18-5-3-11-27-18)23-16-20(6-14-28-17-20)24-8-12-25-13-9-24/h18H,2-17H2,1H3,(H2,21,22,23). The summed E-state index contributed by atoms with van der Waals surface area (Å²) in [6, 6.07) is 0. The van der Waals surface area contributed by atoms with Crippen molar-refractivity contribution >= 4 is 17.7 Å². The lowest BCUT2D eigenvalue weighted by Gasteiger charge is -2.42. The maximum Gasteiger partial charge on any atom is 0.191 e. The first-order chi connectivity index (χ1) is 13.8. The van der Waals surface area contributed by atoms with Crippen LogP contribution in [0.2, 0.25) is 0 Å². The molecular weight excluding hydrogens is 376 g/mol. The molecular formula is C20H38N4O3S. The number of rotatable bonds is 10. The third-order valence-corrected chi connectivity index (χ3v) is 6.96. The van der Waals surface area contributed by atoms with Gasteiger partial charge in [0.05, 0.1) is 38.0 Å². The first-order valence-corrected chi connectivity index (χ1v) is 12.1. The Balaban J connectivity index is 1.40. The molecule has 0 bridgehead atoms. The van der Waals surface area contributed by atoms with E-state index >= 15 is 0 Å². The lowest BCUT2D eigenvalue weighted by molar-refractivity contribution is -0.0104. The molecule has 3 rings (SSSR count). The van der Waals surface area contributed by atoms with Gasteiger partial charge in [0.1, 0.15) is 0 Å². The third-order valence-electron chi connectivity index (χ3n) is 5.73. The Labute approximate surface area is 174 Å². The van der Waals surface area contributed by atoms with Gasteiger partial charge in [-0.3, -0.25) is 9.89 Å². The Hall–Kier alpha value is -0.540. The minimum absolute atomic E-state index is 0.196. The van der Waals surface area contributed by atoms with Crippen LogP contribution in [0.1, 0.15) is 32.6 Å². The van der Waals surface area contributed by atoms with E-state index in [-0.39, 0.29) is 5.54 Å². The van der Waals surface area contributed by atoms with Crippen molar-refractivity contribution in [2.75, 3.05) is 77.3 Å². The normalized spacial score (nSPS) is 29.3. The molecule has 2 unspecified atom stereocenters. The summed E-state index contributed by atoms with van der Waals surface area (Å²) in [7, 11) is 0. The smallest absolute Gasteiger partial charge is 0.191 e. The van der Waals surface area contributed by atoms with Crippen molar-refractivity contribution in [3.63, 3.8) is 0 Å². The van der Waals surface area contributed by atoms with E-state index in [9.17, 15) is 0 Å². The highest BCUT2D eigenvalue weighted by Gasteiger charge is 2.40. The highest BCUT2D eigenvalue weighted by Crippen LogP contribution is 2.34. The number of nitrogens with one attached hydrogen (secondary N) is 2. The third kappa shape index (κ3) is 6.76. The molecule has 3 aliphatic rings. The zero-order valence-electron chi connectivity index (χ0n) is 17.4. The zero-order valence-corrected chi connectivity index (χ0v) is 18.2. The molecule has 3 aliphatic heterocycles. The predicted octanol–water partition coefficient (Wildman–Crippen LogP) is 1.34. The van der Waals surface area contributed by atoms with E-state index in [1.165, 1.54) is 24.3 Å². The molecule has 0 radical (unpaired) electrons. The summed E-state index contributed by atoms with van der Waals surface area (Å²) >= 11 is 2.06. The van der Waals surface area contributed by atoms with Gasteiger partial charge in [0, 0.05) is 45.1 Å². The molecule has 0 spiro atoms. The van der Waals surface area contributed by atoms with Gasteiger partial charge in [-0.25, -0.2) is 0 Å². The molecule has 3 saturated heterocycles. The van der Waals surface area contributed by atoms with E-state index in [2.05, 4.69) is 34.2 Å². The van der Waals surface area contributed by atoms with Crippen LogP contribution in [-0.4, -0.2) is 99.8 Å². The van der Waals surface area contributed by atoms with Gasteiger partial charge in [-0.1, -0.05) is 0 Å². The summed E-state index contributed by atoms with van der Waals surface area (Å²) in [5.74, 6) is 3.33. The molecule has 162 valence electrons. The van der Waals surface area contributed by atoms with E-state index < -0.39 is 0 Å². The van der Waals surface area contributed by atoms with Gasteiger partial charge in [0.15, 0.2) is 5.96 Å². The summed E-state index contributed by atoms with van der Waals surface area (Å²) in [6.45, 7) is 10.9. The predicted molar refractivity (Wildman–Crippen MR) is 115 cm³/mol. The average Bonchev–Trinajstić information content (AvgIpc) is 3.42. The summed E-state index contributed by atoms with van der Waals surface area (Å²) in [5, 5.41) is 6.86. The molecule has 2 atom stereocenters. The first-order valence-electron chi connectivity index (χ1n) is 10.9. The van der Waals surface area contributed by atoms with Crippen LogP contribution in [0.4, 0.5) is 0 Å². The van der Waals surface area contributed by atoms with Crippen molar-refractivity contribution in [1.29, 1.82) is 0 Å². The number of ether oxygens (including phenoxy) is 3. The second-order valence-electron chi connectivity index (χ2n) is 7.81. The topological polar surface area (TPSA) is 67.4 Å². The van der Waals surface area contributed by atoms with Crippen LogP contribution in [0.5, 0.6) is 0 Å². The molecule has 2 N–H and O–H groups in total. The van der Waals surface area contributed by atoms with E-state index in [4.69, 9.17) is 19.2 Å². The van der Waals surface area contributed by atoms with Gasteiger partial charge in [-0.2, -0.15) is 11.8 Å². The van der Waals surface area contributed by atoms with Crippen molar-refractivity contribution in [3.8, 4) is 0 Å². The quantitative estimate of drug-likeness (QED) is 0.318. The number of guanidine groups is 1. The zero-order chi connectivity index (χ0) is 19.5. The van der Waals surface area contributed by atoms with Crippen molar-refractivity contribution in [3.05, 3.63) is 0 Å². The van der Waals surface area contributed by atoms with Crippen LogP contribution >= 0.6 is 11.8 Å². The lowest BCUT2D eigenvalue weighted by atomic mass is 9.96. The van der Waals surface area contributed by atoms with Gasteiger partial charge in [0.2, 0.25) is 0 Å². The van der Waals surface area contributed by atoms with Crippen LogP contribution in [0.15, 0.2) is 4.99 Å². The van der Waals surface area contributed by atoms with E-state index in [1.807, 2.05) is 0 Å². The fraction of sp³-hybridized carbons (Fsp3) is 0.950. The molecule has 3 fully saturated rings. The van der Waals surface area contributed by atoms with Gasteiger partial charge in [-0.15, -0.1) is 0 Å². The maximum absolute atomic E-state index is 5.75. The minimum atomic E-state index is 0.196. The van der Waals surface area contributed by atoms with E-state index in [0.717, 1.165) is 84.6 Å². The number of hydrogen-bond donors (Lipinski definition) is 2. The summed E-state index contributed by atoms with van der Waals surface area (Å²) in [5.41, 5.74) is 0.196. The first kappa shape index (κ1) is 22.2.